The van der Waals surface area contributed by atoms with E-state index in [0.717, 1.165) is 53.8 Å². The first-order valence-electron chi connectivity index (χ1n) is 10.9. The Bertz CT molecular complexity index is 1270. The number of pyridine rings is 2. The molecule has 5 rings (SSSR count). The Morgan fingerprint density at radius 3 is 2.59 bits per heavy atom. The number of nitrogens with one attached hydrogen (secondary N) is 1. The molecule has 4 heterocycles. The third-order valence-corrected chi connectivity index (χ3v) is 5.71. The second-order valence-electron chi connectivity index (χ2n) is 8.00. The molecule has 3 aromatic heterocycles. The van der Waals surface area contributed by atoms with Crippen molar-refractivity contribution in [2.75, 3.05) is 23.3 Å². The van der Waals surface area contributed by atoms with Crippen molar-refractivity contribution < 1.29 is 4.79 Å². The highest BCUT2D eigenvalue weighted by Gasteiger charge is 2.21. The zero-order chi connectivity index (χ0) is 21.9. The maximum atomic E-state index is 13.4. The summed E-state index contributed by atoms with van der Waals surface area (Å²) in [7, 11) is 0. The summed E-state index contributed by atoms with van der Waals surface area (Å²) in [6, 6.07) is 13.4. The molecular formula is C25H24N6O. The molecule has 1 fully saturated rings. The van der Waals surface area contributed by atoms with E-state index in [9.17, 15) is 4.79 Å². The predicted molar refractivity (Wildman–Crippen MR) is 126 cm³/mol. The lowest BCUT2D eigenvalue weighted by Crippen LogP contribution is -2.31. The number of aryl methyl sites for hydroxylation is 1. The zero-order valence-corrected chi connectivity index (χ0v) is 18.0. The minimum atomic E-state index is -0.252. The molecule has 1 aliphatic heterocycles. The van der Waals surface area contributed by atoms with Crippen LogP contribution in [-0.2, 0) is 0 Å². The Balaban J connectivity index is 1.54. The molecule has 0 bridgehead atoms. The quantitative estimate of drug-likeness (QED) is 0.514. The molecule has 0 saturated carbocycles. The topological polar surface area (TPSA) is 83.9 Å². The van der Waals surface area contributed by atoms with Crippen molar-refractivity contribution in [3.63, 3.8) is 0 Å². The highest BCUT2D eigenvalue weighted by molar-refractivity contribution is 6.11. The molecule has 32 heavy (non-hydrogen) atoms. The lowest BCUT2D eigenvalue weighted by Gasteiger charge is -2.27. The number of fused-ring (bicyclic) bond motifs is 1. The second kappa shape index (κ2) is 8.70. The van der Waals surface area contributed by atoms with Gasteiger partial charge in [-0.15, -0.1) is 0 Å². The van der Waals surface area contributed by atoms with Crippen molar-refractivity contribution in [1.29, 1.82) is 0 Å². The summed E-state index contributed by atoms with van der Waals surface area (Å²) in [6.07, 6.45) is 8.54. The van der Waals surface area contributed by atoms with Crippen LogP contribution < -0.4 is 10.2 Å². The number of para-hydroxylation sites is 1. The van der Waals surface area contributed by atoms with Crippen LogP contribution in [0.3, 0.4) is 0 Å². The Morgan fingerprint density at radius 1 is 1.00 bits per heavy atom. The van der Waals surface area contributed by atoms with Crippen LogP contribution in [0.5, 0.6) is 0 Å². The van der Waals surface area contributed by atoms with Gasteiger partial charge >= 0.3 is 0 Å². The first-order chi connectivity index (χ1) is 15.7. The van der Waals surface area contributed by atoms with Crippen LogP contribution >= 0.6 is 0 Å². The van der Waals surface area contributed by atoms with Crippen LogP contribution in [0.4, 0.5) is 11.6 Å². The number of anilines is 2. The molecule has 0 radical (unpaired) electrons. The van der Waals surface area contributed by atoms with E-state index in [0.29, 0.717) is 17.2 Å². The summed E-state index contributed by atoms with van der Waals surface area (Å²) in [5, 5.41) is 3.95. The third-order valence-electron chi connectivity index (χ3n) is 5.71. The molecule has 160 valence electrons. The number of carbonyl (C=O) groups is 1. The smallest absolute Gasteiger partial charge is 0.259 e. The Morgan fingerprint density at radius 2 is 1.78 bits per heavy atom. The van der Waals surface area contributed by atoms with Gasteiger partial charge in [-0.1, -0.05) is 18.2 Å². The summed E-state index contributed by atoms with van der Waals surface area (Å²) >= 11 is 0. The van der Waals surface area contributed by atoms with Crippen molar-refractivity contribution in [2.45, 2.75) is 26.2 Å². The number of aromatic nitrogens is 4. The summed E-state index contributed by atoms with van der Waals surface area (Å²) < 4.78 is 0. The highest BCUT2D eigenvalue weighted by atomic mass is 16.1. The number of hydrogen-bond donors (Lipinski definition) is 1. The average molecular weight is 425 g/mol. The minimum absolute atomic E-state index is 0.252. The molecule has 1 amide bonds. The zero-order valence-electron chi connectivity index (χ0n) is 18.0. The van der Waals surface area contributed by atoms with Gasteiger partial charge in [-0.05, 0) is 50.5 Å². The normalized spacial score (nSPS) is 13.8. The van der Waals surface area contributed by atoms with Crippen molar-refractivity contribution in [3.05, 3.63) is 72.3 Å². The molecule has 7 heteroatoms. The van der Waals surface area contributed by atoms with Gasteiger partial charge in [0.25, 0.3) is 5.91 Å². The number of rotatable bonds is 4. The fourth-order valence-corrected chi connectivity index (χ4v) is 4.12. The first-order valence-corrected chi connectivity index (χ1v) is 10.9. The fourth-order valence-electron chi connectivity index (χ4n) is 4.12. The van der Waals surface area contributed by atoms with Crippen LogP contribution in [0.1, 0.15) is 35.3 Å². The summed E-state index contributed by atoms with van der Waals surface area (Å²) in [5.41, 5.74) is 4.27. The number of piperidine rings is 1. The Hall–Kier alpha value is -3.87. The van der Waals surface area contributed by atoms with Crippen LogP contribution in [0.25, 0.3) is 22.2 Å². The maximum absolute atomic E-state index is 13.4. The summed E-state index contributed by atoms with van der Waals surface area (Å²) in [5.74, 6) is 0.413. The maximum Gasteiger partial charge on any atom is 0.259 e. The molecule has 0 atom stereocenters. The average Bonchev–Trinajstić information content (AvgIpc) is 2.84. The van der Waals surface area contributed by atoms with E-state index >= 15 is 0 Å². The van der Waals surface area contributed by atoms with Gasteiger partial charge in [0.2, 0.25) is 5.95 Å². The van der Waals surface area contributed by atoms with Crippen LogP contribution in [0, 0.1) is 6.92 Å². The third kappa shape index (κ3) is 4.01. The van der Waals surface area contributed by atoms with E-state index in [4.69, 9.17) is 4.98 Å². The monoisotopic (exact) mass is 424 g/mol. The molecule has 0 spiro atoms. The Labute approximate surface area is 186 Å². The highest BCUT2D eigenvalue weighted by Crippen LogP contribution is 2.27. The van der Waals surface area contributed by atoms with Crippen LogP contribution in [-0.4, -0.2) is 38.9 Å². The van der Waals surface area contributed by atoms with Gasteiger partial charge in [0.05, 0.1) is 22.5 Å². The van der Waals surface area contributed by atoms with Gasteiger partial charge in [-0.2, -0.15) is 0 Å². The van der Waals surface area contributed by atoms with Crippen LogP contribution in [0.2, 0.25) is 0 Å². The van der Waals surface area contributed by atoms with E-state index in [1.165, 1.54) is 6.42 Å². The standard InChI is InChI=1S/C25H24N6O/c1-17-15-22(19-7-3-4-8-21(19)28-17)29-24(32)20-16-27-25(31-13-5-2-6-14-31)30-23(20)18-9-11-26-12-10-18/h3-4,7-12,15-16H,2,5-6,13-14H2,1H3,(H,28,29,32). The van der Waals surface area contributed by atoms with Gasteiger partial charge in [-0.3, -0.25) is 14.8 Å². The molecule has 1 aliphatic rings. The number of carbonyl (C=O) groups excluding carboxylic acids is 1. The molecule has 0 unspecified atom stereocenters. The minimum Gasteiger partial charge on any atom is -0.341 e. The van der Waals surface area contributed by atoms with E-state index in [-0.39, 0.29) is 5.91 Å². The van der Waals surface area contributed by atoms with Gasteiger partial charge in [0, 0.05) is 48.3 Å². The summed E-state index contributed by atoms with van der Waals surface area (Å²) in [6.45, 7) is 3.79. The van der Waals surface area contributed by atoms with Crippen molar-refractivity contribution in [3.8, 4) is 11.3 Å². The molecular weight excluding hydrogens is 400 g/mol. The number of hydrogen-bond acceptors (Lipinski definition) is 6. The molecule has 1 N–H and O–H groups in total. The largest absolute Gasteiger partial charge is 0.341 e. The second-order valence-corrected chi connectivity index (χ2v) is 8.00. The molecule has 7 nitrogen and oxygen atoms in total. The lowest BCUT2D eigenvalue weighted by molar-refractivity contribution is 0.102. The SMILES string of the molecule is Cc1cc(NC(=O)c2cnc(N3CCCCC3)nc2-c2ccncc2)c2ccccc2n1. The first kappa shape index (κ1) is 20.1. The lowest BCUT2D eigenvalue weighted by atomic mass is 10.1. The Kier molecular flexibility index (Phi) is 5.46. The van der Waals surface area contributed by atoms with Crippen molar-refractivity contribution >= 4 is 28.4 Å². The van der Waals surface area contributed by atoms with Gasteiger partial charge < -0.3 is 10.2 Å². The van der Waals surface area contributed by atoms with E-state index in [1.807, 2.05) is 49.4 Å². The number of nitrogens with zero attached hydrogens (tertiary/aromatic N) is 5. The van der Waals surface area contributed by atoms with Gasteiger partial charge in [0.1, 0.15) is 0 Å². The van der Waals surface area contributed by atoms with Gasteiger partial charge in [0.15, 0.2) is 0 Å². The van der Waals surface area contributed by atoms with E-state index < -0.39 is 0 Å². The predicted octanol–water partition coefficient (Wildman–Crippen LogP) is 4.64. The molecule has 0 aliphatic carbocycles. The van der Waals surface area contributed by atoms with E-state index in [1.54, 1.807) is 18.6 Å². The number of benzene rings is 1. The van der Waals surface area contributed by atoms with Crippen molar-refractivity contribution in [2.24, 2.45) is 0 Å². The van der Waals surface area contributed by atoms with Crippen molar-refractivity contribution in [1.82, 2.24) is 19.9 Å². The molecule has 1 aromatic carbocycles. The van der Waals surface area contributed by atoms with Gasteiger partial charge in [-0.25, -0.2) is 9.97 Å². The van der Waals surface area contributed by atoms with Crippen LogP contribution in [0.15, 0.2) is 61.1 Å². The molecule has 1 saturated heterocycles. The number of amides is 1. The fraction of sp³-hybridized carbons (Fsp3) is 0.240. The molecule has 4 aromatic rings. The summed E-state index contributed by atoms with van der Waals surface area (Å²) in [4.78, 5) is 33.6. The van der Waals surface area contributed by atoms with E-state index in [2.05, 4.69) is 25.2 Å².